The lowest BCUT2D eigenvalue weighted by Crippen LogP contribution is -2.39. The first kappa shape index (κ1) is 17.7. The molecule has 1 heterocycles. The van der Waals surface area contributed by atoms with Crippen LogP contribution in [0.3, 0.4) is 0 Å². The zero-order chi connectivity index (χ0) is 18.7. The Kier molecular flexibility index (Phi) is 5.02. The van der Waals surface area contributed by atoms with Crippen LogP contribution in [0, 0.1) is 13.8 Å². The molecule has 1 aliphatic heterocycles. The van der Waals surface area contributed by atoms with Gasteiger partial charge in [0.2, 0.25) is 17.7 Å². The van der Waals surface area contributed by atoms with Crippen LogP contribution in [-0.2, 0) is 14.4 Å². The number of para-hydroxylation sites is 2. The smallest absolute Gasteiger partial charge is 0.243 e. The summed E-state index contributed by atoms with van der Waals surface area (Å²) in [5.41, 5.74) is 4.09. The van der Waals surface area contributed by atoms with Crippen molar-refractivity contribution in [1.29, 1.82) is 0 Å². The van der Waals surface area contributed by atoms with Gasteiger partial charge in [-0.3, -0.25) is 14.4 Å². The van der Waals surface area contributed by atoms with E-state index in [0.717, 1.165) is 22.4 Å². The molecular weight excluding hydrogens is 330 g/mol. The van der Waals surface area contributed by atoms with Gasteiger partial charge in [0.1, 0.15) is 0 Å². The molecule has 1 atom stereocenters. The van der Waals surface area contributed by atoms with Crippen LogP contribution in [0.5, 0.6) is 0 Å². The summed E-state index contributed by atoms with van der Waals surface area (Å²) in [6.45, 7) is 3.68. The quantitative estimate of drug-likeness (QED) is 0.791. The number of aryl methyl sites for hydroxylation is 2. The molecule has 0 aliphatic carbocycles. The molecule has 0 aromatic heterocycles. The number of benzene rings is 2. The first-order chi connectivity index (χ1) is 12.5. The summed E-state index contributed by atoms with van der Waals surface area (Å²) in [5.74, 6) is -1.43. The highest BCUT2D eigenvalue weighted by Crippen LogP contribution is 2.31. The minimum absolute atomic E-state index is 0.0708. The van der Waals surface area contributed by atoms with Gasteiger partial charge in [-0.15, -0.1) is 0 Å². The Balaban J connectivity index is 1.64. The minimum Gasteiger partial charge on any atom is -0.346 e. The molecule has 3 N–H and O–H groups in total. The van der Waals surface area contributed by atoms with Gasteiger partial charge in [0.15, 0.2) is 0 Å². The zero-order valence-corrected chi connectivity index (χ0v) is 14.8. The van der Waals surface area contributed by atoms with Crippen LogP contribution in [0.2, 0.25) is 0 Å². The second-order valence-corrected chi connectivity index (χ2v) is 6.42. The van der Waals surface area contributed by atoms with E-state index in [1.807, 2.05) is 44.2 Å². The van der Waals surface area contributed by atoms with Crippen LogP contribution < -0.4 is 16.0 Å². The van der Waals surface area contributed by atoms with E-state index in [0.29, 0.717) is 5.69 Å². The predicted molar refractivity (Wildman–Crippen MR) is 100.0 cm³/mol. The van der Waals surface area contributed by atoms with Gasteiger partial charge in [-0.2, -0.15) is 0 Å². The fraction of sp³-hybridized carbons (Fsp3) is 0.250. The van der Waals surface area contributed by atoms with E-state index in [2.05, 4.69) is 16.0 Å². The predicted octanol–water partition coefficient (Wildman–Crippen LogP) is 2.48. The molecule has 3 rings (SSSR count). The van der Waals surface area contributed by atoms with E-state index in [-0.39, 0.29) is 30.7 Å². The summed E-state index contributed by atoms with van der Waals surface area (Å²) in [6.07, 6.45) is 0.0708. The molecular formula is C20H21N3O3. The van der Waals surface area contributed by atoms with Gasteiger partial charge in [0, 0.05) is 17.8 Å². The van der Waals surface area contributed by atoms with Gasteiger partial charge < -0.3 is 16.0 Å². The average Bonchev–Trinajstić information content (AvgIpc) is 2.62. The molecule has 134 valence electrons. The number of hydrogen-bond donors (Lipinski definition) is 3. The van der Waals surface area contributed by atoms with Crippen LogP contribution in [-0.4, -0.2) is 24.3 Å². The third-order valence-electron chi connectivity index (χ3n) is 4.49. The van der Waals surface area contributed by atoms with Crippen molar-refractivity contribution in [3.05, 3.63) is 59.2 Å². The molecule has 0 radical (unpaired) electrons. The Morgan fingerprint density at radius 2 is 1.77 bits per heavy atom. The van der Waals surface area contributed by atoms with Crippen molar-refractivity contribution in [2.24, 2.45) is 0 Å². The topological polar surface area (TPSA) is 87.3 Å². The molecule has 0 spiro atoms. The minimum atomic E-state index is -0.590. The first-order valence-electron chi connectivity index (χ1n) is 8.48. The maximum absolute atomic E-state index is 12.5. The molecule has 0 bridgehead atoms. The second-order valence-electron chi connectivity index (χ2n) is 6.42. The van der Waals surface area contributed by atoms with Crippen molar-refractivity contribution in [3.8, 4) is 0 Å². The maximum Gasteiger partial charge on any atom is 0.243 e. The Labute approximate surface area is 152 Å². The van der Waals surface area contributed by atoms with Crippen molar-refractivity contribution in [2.45, 2.75) is 26.2 Å². The lowest BCUT2D eigenvalue weighted by Gasteiger charge is -2.24. The highest BCUT2D eigenvalue weighted by atomic mass is 16.2. The van der Waals surface area contributed by atoms with Crippen LogP contribution in [0.1, 0.15) is 29.0 Å². The summed E-state index contributed by atoms with van der Waals surface area (Å²) in [5, 5.41) is 8.23. The van der Waals surface area contributed by atoms with E-state index < -0.39 is 5.92 Å². The molecule has 6 nitrogen and oxygen atoms in total. The molecule has 0 saturated carbocycles. The summed E-state index contributed by atoms with van der Waals surface area (Å²) < 4.78 is 0. The van der Waals surface area contributed by atoms with Gasteiger partial charge in [0.05, 0.1) is 12.5 Å². The first-order valence-corrected chi connectivity index (χ1v) is 8.48. The van der Waals surface area contributed by atoms with Crippen molar-refractivity contribution in [3.63, 3.8) is 0 Å². The fourth-order valence-electron chi connectivity index (χ4n) is 3.13. The van der Waals surface area contributed by atoms with Crippen molar-refractivity contribution in [1.82, 2.24) is 5.32 Å². The van der Waals surface area contributed by atoms with Gasteiger partial charge in [-0.25, -0.2) is 0 Å². The second kappa shape index (κ2) is 7.39. The summed E-state index contributed by atoms with van der Waals surface area (Å²) in [7, 11) is 0. The van der Waals surface area contributed by atoms with Crippen LogP contribution in [0.15, 0.2) is 42.5 Å². The molecule has 3 amide bonds. The Morgan fingerprint density at radius 1 is 1.08 bits per heavy atom. The summed E-state index contributed by atoms with van der Waals surface area (Å²) in [4.78, 5) is 36.6. The van der Waals surface area contributed by atoms with Gasteiger partial charge in [-0.1, -0.05) is 36.4 Å². The lowest BCUT2D eigenvalue weighted by atomic mass is 9.90. The average molecular weight is 351 g/mol. The molecule has 1 aliphatic rings. The third kappa shape index (κ3) is 3.74. The number of carbonyl (C=O) groups excluding carboxylic acids is 3. The normalized spacial score (nSPS) is 15.6. The monoisotopic (exact) mass is 351 g/mol. The zero-order valence-electron chi connectivity index (χ0n) is 14.8. The van der Waals surface area contributed by atoms with Crippen LogP contribution >= 0.6 is 0 Å². The number of fused-ring (bicyclic) bond motifs is 1. The number of nitrogens with one attached hydrogen (secondary N) is 3. The maximum atomic E-state index is 12.5. The molecule has 0 saturated heterocycles. The molecule has 6 heteroatoms. The van der Waals surface area contributed by atoms with Crippen molar-refractivity contribution in [2.75, 3.05) is 17.2 Å². The molecule has 1 unspecified atom stereocenters. The van der Waals surface area contributed by atoms with Crippen LogP contribution in [0.25, 0.3) is 0 Å². The Hall–Kier alpha value is -3.15. The molecule has 2 aromatic carbocycles. The number of amides is 3. The van der Waals surface area contributed by atoms with Crippen LogP contribution in [0.4, 0.5) is 11.4 Å². The van der Waals surface area contributed by atoms with Gasteiger partial charge >= 0.3 is 0 Å². The van der Waals surface area contributed by atoms with E-state index >= 15 is 0 Å². The third-order valence-corrected chi connectivity index (χ3v) is 4.49. The van der Waals surface area contributed by atoms with E-state index in [1.54, 1.807) is 12.1 Å². The highest BCUT2D eigenvalue weighted by molar-refractivity contribution is 6.02. The van der Waals surface area contributed by atoms with E-state index in [1.165, 1.54) is 0 Å². The Morgan fingerprint density at radius 3 is 2.50 bits per heavy atom. The van der Waals surface area contributed by atoms with Gasteiger partial charge in [0.25, 0.3) is 0 Å². The fourth-order valence-corrected chi connectivity index (χ4v) is 3.13. The largest absolute Gasteiger partial charge is 0.346 e. The van der Waals surface area contributed by atoms with Crippen molar-refractivity contribution < 1.29 is 14.4 Å². The number of anilines is 2. The lowest BCUT2D eigenvalue weighted by molar-refractivity contribution is -0.127. The highest BCUT2D eigenvalue weighted by Gasteiger charge is 2.30. The number of hydrogen-bond acceptors (Lipinski definition) is 3. The molecule has 0 fully saturated rings. The standard InChI is InChI=1S/C20H21N3O3/c1-12-6-5-7-13(2)19(12)23-18(25)11-21-20(26)15-10-17(24)22-16-9-4-3-8-14(15)16/h3-9,15H,10-11H2,1-2H3,(H,21,26)(H,22,24)(H,23,25). The summed E-state index contributed by atoms with van der Waals surface area (Å²) in [6, 6.07) is 13.0. The van der Waals surface area contributed by atoms with E-state index in [4.69, 9.17) is 0 Å². The number of rotatable bonds is 4. The van der Waals surface area contributed by atoms with Gasteiger partial charge in [-0.05, 0) is 36.6 Å². The number of carbonyl (C=O) groups is 3. The Bertz CT molecular complexity index is 856. The van der Waals surface area contributed by atoms with E-state index in [9.17, 15) is 14.4 Å². The summed E-state index contributed by atoms with van der Waals surface area (Å²) >= 11 is 0. The van der Waals surface area contributed by atoms with Crippen molar-refractivity contribution >= 4 is 29.1 Å². The molecule has 26 heavy (non-hydrogen) atoms. The molecule has 2 aromatic rings. The SMILES string of the molecule is Cc1cccc(C)c1NC(=O)CNC(=O)C1CC(=O)Nc2ccccc21.